The van der Waals surface area contributed by atoms with Crippen LogP contribution in [0.25, 0.3) is 54.9 Å². The number of furan rings is 1. The van der Waals surface area contributed by atoms with Gasteiger partial charge in [0.25, 0.3) is 0 Å². The third-order valence-electron chi connectivity index (χ3n) is 9.72. The van der Waals surface area contributed by atoms with Crippen molar-refractivity contribution >= 4 is 49.4 Å². The Morgan fingerprint density at radius 1 is 0.800 bits per heavy atom. The first-order valence-corrected chi connectivity index (χ1v) is 15.6. The van der Waals surface area contributed by atoms with E-state index in [4.69, 9.17) is 4.42 Å². The number of benzene rings is 4. The first-order valence-electron chi connectivity index (χ1n) is 15.6. The van der Waals surface area contributed by atoms with E-state index in [9.17, 15) is 9.90 Å². The number of hydrogen-bond acceptors (Lipinski definition) is 5. The number of ketones is 1. The van der Waals surface area contributed by atoms with Crippen molar-refractivity contribution in [3.05, 3.63) is 97.0 Å². The number of carbonyl (C=O) groups is 1. The fourth-order valence-electron chi connectivity index (χ4n) is 5.60. The number of aliphatic hydroxyl groups is 1. The molecule has 0 atom stereocenters. The van der Waals surface area contributed by atoms with Gasteiger partial charge in [-0.2, -0.15) is 0 Å². The van der Waals surface area contributed by atoms with Gasteiger partial charge in [-0.15, -0.1) is 29.1 Å². The first-order chi connectivity index (χ1) is 21.2. The summed E-state index contributed by atoms with van der Waals surface area (Å²) in [4.78, 5) is 21.2. The second-order valence-electron chi connectivity index (χ2n) is 12.0. The molecule has 2 heterocycles. The zero-order chi connectivity index (χ0) is 31.5. The fourth-order valence-corrected chi connectivity index (χ4v) is 5.60. The van der Waals surface area contributed by atoms with Crippen LogP contribution in [0.2, 0.25) is 0 Å². The summed E-state index contributed by atoms with van der Waals surface area (Å²) in [5.41, 5.74) is 2.65. The van der Waals surface area contributed by atoms with Gasteiger partial charge in [0.1, 0.15) is 17.7 Å². The number of carbonyl (C=O) groups excluding carboxylic acids is 1. The molecule has 6 heteroatoms. The van der Waals surface area contributed by atoms with Gasteiger partial charge in [0.15, 0.2) is 5.78 Å². The number of nitrogens with zero attached hydrogens (tertiary/aromatic N) is 2. The smallest absolute Gasteiger partial charge is 0.221 e. The number of allylic oxidation sites excluding steroid dienone is 2. The summed E-state index contributed by atoms with van der Waals surface area (Å²) in [5, 5.41) is 16.7. The van der Waals surface area contributed by atoms with Gasteiger partial charge in [-0.05, 0) is 42.5 Å². The predicted molar refractivity (Wildman–Crippen MR) is 182 cm³/mol. The molecule has 0 aliphatic rings. The molecule has 2 aromatic heterocycles. The summed E-state index contributed by atoms with van der Waals surface area (Å²) in [6.07, 6.45) is 6.32. The van der Waals surface area contributed by atoms with Crippen LogP contribution in [0.5, 0.6) is 0 Å². The summed E-state index contributed by atoms with van der Waals surface area (Å²) >= 11 is 0. The summed E-state index contributed by atoms with van der Waals surface area (Å²) in [5.74, 6) is 0.286. The molecule has 6 rings (SSSR count). The number of fused-ring (bicyclic) bond motifs is 6. The van der Waals surface area contributed by atoms with Crippen molar-refractivity contribution in [3.8, 4) is 11.3 Å². The van der Waals surface area contributed by atoms with Crippen LogP contribution in [-0.4, -0.2) is 20.9 Å². The van der Waals surface area contributed by atoms with E-state index in [0.29, 0.717) is 5.71 Å². The van der Waals surface area contributed by atoms with E-state index in [0.717, 1.165) is 69.5 Å². The quantitative estimate of drug-likeness (QED) is 0.0946. The number of rotatable bonds is 8. The second kappa shape index (κ2) is 14.1. The Morgan fingerprint density at radius 3 is 2.04 bits per heavy atom. The van der Waals surface area contributed by atoms with Crippen LogP contribution in [0.15, 0.2) is 95.4 Å². The third-order valence-corrected chi connectivity index (χ3v) is 9.72. The molecular formula is C39H41IrN2O3-. The molecule has 4 aromatic carbocycles. The zero-order valence-corrected chi connectivity index (χ0v) is 29.3. The van der Waals surface area contributed by atoms with Crippen LogP contribution in [-0.2, 0) is 24.9 Å². The minimum Gasteiger partial charge on any atom is -0.512 e. The maximum absolute atomic E-state index is 12.2. The van der Waals surface area contributed by atoms with E-state index in [1.54, 1.807) is 6.33 Å². The maximum atomic E-state index is 12.2. The fraction of sp³-hybridized carbons (Fsp3) is 0.308. The average Bonchev–Trinajstić information content (AvgIpc) is 3.47. The molecule has 0 saturated carbocycles. The van der Waals surface area contributed by atoms with Gasteiger partial charge in [-0.1, -0.05) is 102 Å². The minimum absolute atomic E-state index is 0. The van der Waals surface area contributed by atoms with Crippen molar-refractivity contribution in [1.29, 1.82) is 0 Å². The standard InChI is InChI=1S/C24H13N2O.C15H28O2.Ir/c1-3-9-17-15(6-1)8-5-11-19(17)23-22-21-18-10-4-2-7-16(18)12-13-20(21)27-24(22)26-14-25-23;1-7-14(5,8-2)12(16)11-13(17)15(6,9-3)10-4;/h1-10,12-14H;11,16H,7-10H2,1-6H3;/q-1;;/b;12-11-;. The van der Waals surface area contributed by atoms with Crippen LogP contribution in [0.4, 0.5) is 0 Å². The first kappa shape index (κ1) is 34.0. The van der Waals surface area contributed by atoms with E-state index in [2.05, 4.69) is 52.4 Å². The van der Waals surface area contributed by atoms with Crippen molar-refractivity contribution in [2.75, 3.05) is 0 Å². The molecule has 0 saturated heterocycles. The van der Waals surface area contributed by atoms with Gasteiger partial charge in [0.05, 0.1) is 0 Å². The van der Waals surface area contributed by atoms with Gasteiger partial charge in [-0.25, -0.2) is 4.98 Å². The Kier molecular flexibility index (Phi) is 10.6. The van der Waals surface area contributed by atoms with E-state index >= 15 is 0 Å². The molecule has 235 valence electrons. The van der Waals surface area contributed by atoms with Crippen molar-refractivity contribution in [3.63, 3.8) is 0 Å². The molecule has 0 bridgehead atoms. The van der Waals surface area contributed by atoms with Crippen molar-refractivity contribution < 1.29 is 34.4 Å². The van der Waals surface area contributed by atoms with E-state index < -0.39 is 0 Å². The van der Waals surface area contributed by atoms with E-state index in [1.165, 1.54) is 11.5 Å². The molecule has 0 unspecified atom stereocenters. The summed E-state index contributed by atoms with van der Waals surface area (Å²) in [6.45, 7) is 12.1. The summed E-state index contributed by atoms with van der Waals surface area (Å²) in [6, 6.07) is 28.1. The molecule has 0 aliphatic heterocycles. The van der Waals surface area contributed by atoms with Crippen LogP contribution >= 0.6 is 0 Å². The topological polar surface area (TPSA) is 76.2 Å². The Balaban J connectivity index is 0.000000226. The zero-order valence-electron chi connectivity index (χ0n) is 26.9. The van der Waals surface area contributed by atoms with Gasteiger partial charge < -0.3 is 9.52 Å². The average molecular weight is 778 g/mol. The monoisotopic (exact) mass is 778 g/mol. The van der Waals surface area contributed by atoms with Crippen molar-refractivity contribution in [2.24, 2.45) is 10.8 Å². The minimum atomic E-state index is -0.337. The number of hydrogen-bond donors (Lipinski definition) is 1. The molecule has 1 radical (unpaired) electrons. The Hall–Kier alpha value is -3.86. The van der Waals surface area contributed by atoms with Gasteiger partial charge in [-0.3, -0.25) is 9.78 Å². The predicted octanol–water partition coefficient (Wildman–Crippen LogP) is 10.8. The Bertz CT molecular complexity index is 1980. The molecule has 45 heavy (non-hydrogen) atoms. The number of aromatic nitrogens is 2. The van der Waals surface area contributed by atoms with Crippen molar-refractivity contribution in [1.82, 2.24) is 9.97 Å². The second-order valence-corrected chi connectivity index (χ2v) is 12.0. The maximum Gasteiger partial charge on any atom is 0.221 e. The largest absolute Gasteiger partial charge is 0.512 e. The molecule has 0 spiro atoms. The molecule has 1 N–H and O–H groups in total. The van der Waals surface area contributed by atoms with Crippen LogP contribution < -0.4 is 0 Å². The molecule has 5 nitrogen and oxygen atoms in total. The Morgan fingerprint density at radius 2 is 1.40 bits per heavy atom. The SMILES string of the molecule is CCC(C)(CC)C(=O)/C=C(\O)C(C)(CC)CC.[Ir].[c-]1ccc2ccccc2c1-c1ncnc2oc3ccc4ccccc4c3c12. The van der Waals surface area contributed by atoms with E-state index in [-0.39, 0.29) is 42.5 Å². The Labute approximate surface area is 279 Å². The number of aliphatic hydroxyl groups excluding tert-OH is 1. The molecular weight excluding hydrogens is 737 g/mol. The van der Waals surface area contributed by atoms with E-state index in [1.807, 2.05) is 77.9 Å². The normalized spacial score (nSPS) is 12.3. The van der Waals surface area contributed by atoms with Gasteiger partial charge in [0, 0.05) is 53.5 Å². The summed E-state index contributed by atoms with van der Waals surface area (Å²) in [7, 11) is 0. The van der Waals surface area contributed by atoms with Crippen LogP contribution in [0, 0.1) is 16.9 Å². The molecule has 0 aliphatic carbocycles. The molecule has 0 amide bonds. The van der Waals surface area contributed by atoms with Crippen molar-refractivity contribution in [2.45, 2.75) is 67.2 Å². The summed E-state index contributed by atoms with van der Waals surface area (Å²) < 4.78 is 6.07. The van der Waals surface area contributed by atoms with Crippen LogP contribution in [0.3, 0.4) is 0 Å². The molecule has 6 aromatic rings. The third kappa shape index (κ3) is 6.45. The van der Waals surface area contributed by atoms with Gasteiger partial charge >= 0.3 is 0 Å². The van der Waals surface area contributed by atoms with Gasteiger partial charge in [0.2, 0.25) is 5.71 Å². The van der Waals surface area contributed by atoms with Crippen LogP contribution in [0.1, 0.15) is 67.2 Å². The molecule has 0 fully saturated rings.